The van der Waals surface area contributed by atoms with Crippen molar-refractivity contribution in [2.45, 2.75) is 51.9 Å². The van der Waals surface area contributed by atoms with E-state index in [2.05, 4.69) is 36.1 Å². The molecule has 9 heteroatoms. The maximum Gasteiger partial charge on any atom is 0.213 e. The van der Waals surface area contributed by atoms with Crippen LogP contribution in [0, 0.1) is 0 Å². The second-order valence-electron chi connectivity index (χ2n) is 9.24. The summed E-state index contributed by atoms with van der Waals surface area (Å²) in [5.41, 5.74) is 4.81. The van der Waals surface area contributed by atoms with Crippen LogP contribution in [0.5, 0.6) is 0 Å². The zero-order valence-corrected chi connectivity index (χ0v) is 22.2. The average molecular weight is 520 g/mol. The molecule has 0 N–H and O–H groups in total. The Morgan fingerprint density at radius 3 is 2.65 bits per heavy atom. The lowest BCUT2D eigenvalue weighted by atomic mass is 10.0. The number of carboxylic acids is 1. The number of aryl methyl sites for hydroxylation is 1. The third-order valence-corrected chi connectivity index (χ3v) is 7.81. The van der Waals surface area contributed by atoms with E-state index in [9.17, 15) is 9.90 Å². The standard InChI is InChI=1S/C28H32N4O4S/c1-4-18-15-20(10-13-23(18)27(33)34)24-17-32-28(29-24)37-26(30-32)19-8-11-21(12-9-19)31-14-6-7-22(16-31)36-25(5-2)35-3/h8-13,15,17,22,25H,4-7,14,16H2,1-3H3,(H,33,34)/p-1. The van der Waals surface area contributed by atoms with Crippen LogP contribution in [-0.4, -0.2) is 53.2 Å². The minimum absolute atomic E-state index is 0.147. The predicted molar refractivity (Wildman–Crippen MR) is 143 cm³/mol. The zero-order chi connectivity index (χ0) is 25.9. The number of aromatic carboxylic acids is 1. The average Bonchev–Trinajstić information content (AvgIpc) is 3.51. The van der Waals surface area contributed by atoms with Gasteiger partial charge in [-0.1, -0.05) is 37.3 Å². The topological polar surface area (TPSA) is 92.0 Å². The fraction of sp³-hybridized carbons (Fsp3) is 0.393. The van der Waals surface area contributed by atoms with Gasteiger partial charge in [0, 0.05) is 42.6 Å². The first-order chi connectivity index (χ1) is 18.0. The van der Waals surface area contributed by atoms with E-state index in [1.807, 2.05) is 19.2 Å². The lowest BCUT2D eigenvalue weighted by molar-refractivity contribution is -0.255. The number of nitrogens with zero attached hydrogens (tertiary/aromatic N) is 4. The van der Waals surface area contributed by atoms with Crippen LogP contribution in [-0.2, 0) is 15.9 Å². The van der Waals surface area contributed by atoms with Crippen LogP contribution in [0.15, 0.2) is 48.7 Å². The van der Waals surface area contributed by atoms with Crippen LogP contribution < -0.4 is 10.0 Å². The number of rotatable bonds is 9. The van der Waals surface area contributed by atoms with Crippen LogP contribution in [0.25, 0.3) is 26.8 Å². The van der Waals surface area contributed by atoms with Crippen molar-refractivity contribution in [2.75, 3.05) is 25.1 Å². The summed E-state index contributed by atoms with van der Waals surface area (Å²) in [7, 11) is 1.70. The molecule has 2 aromatic heterocycles. The summed E-state index contributed by atoms with van der Waals surface area (Å²) in [6.45, 7) is 5.87. The van der Waals surface area contributed by atoms with Crippen molar-refractivity contribution in [3.05, 3.63) is 59.8 Å². The molecule has 194 valence electrons. The molecule has 3 heterocycles. The van der Waals surface area contributed by atoms with Gasteiger partial charge < -0.3 is 24.3 Å². The highest BCUT2D eigenvalue weighted by atomic mass is 32.1. The molecule has 0 radical (unpaired) electrons. The lowest BCUT2D eigenvalue weighted by Crippen LogP contribution is -2.41. The van der Waals surface area contributed by atoms with Gasteiger partial charge >= 0.3 is 0 Å². The molecule has 0 aliphatic carbocycles. The summed E-state index contributed by atoms with van der Waals surface area (Å²) >= 11 is 1.53. The number of carbonyl (C=O) groups is 1. The molecule has 2 aromatic carbocycles. The summed E-state index contributed by atoms with van der Waals surface area (Å²) in [4.78, 5) is 19.2. The summed E-state index contributed by atoms with van der Waals surface area (Å²) in [6.07, 6.45) is 5.50. The van der Waals surface area contributed by atoms with Crippen molar-refractivity contribution in [2.24, 2.45) is 0 Å². The number of carboxylic acid groups (broad SMARTS) is 1. The van der Waals surface area contributed by atoms with Crippen molar-refractivity contribution in [1.82, 2.24) is 14.6 Å². The smallest absolute Gasteiger partial charge is 0.213 e. The van der Waals surface area contributed by atoms with E-state index in [0.29, 0.717) is 6.42 Å². The first-order valence-corrected chi connectivity index (χ1v) is 13.5. The lowest BCUT2D eigenvalue weighted by Gasteiger charge is -2.35. The van der Waals surface area contributed by atoms with Gasteiger partial charge in [-0.05, 0) is 61.6 Å². The molecule has 0 bridgehead atoms. The first kappa shape index (κ1) is 25.4. The molecule has 1 saturated heterocycles. The number of benzene rings is 2. The predicted octanol–water partition coefficient (Wildman–Crippen LogP) is 4.42. The summed E-state index contributed by atoms with van der Waals surface area (Å²) < 4.78 is 13.3. The molecular weight excluding hydrogens is 488 g/mol. The van der Waals surface area contributed by atoms with Gasteiger partial charge in [-0.3, -0.25) is 0 Å². The van der Waals surface area contributed by atoms with Crippen LogP contribution in [0.4, 0.5) is 5.69 Å². The Morgan fingerprint density at radius 2 is 1.97 bits per heavy atom. The van der Waals surface area contributed by atoms with E-state index in [4.69, 9.17) is 19.6 Å². The molecule has 4 aromatic rings. The number of fused-ring (bicyclic) bond motifs is 1. The molecule has 2 atom stereocenters. The highest BCUT2D eigenvalue weighted by Gasteiger charge is 2.23. The number of aromatic nitrogens is 3. The Hall–Kier alpha value is -3.27. The molecule has 0 spiro atoms. The zero-order valence-electron chi connectivity index (χ0n) is 21.3. The maximum atomic E-state index is 11.3. The van der Waals surface area contributed by atoms with Gasteiger partial charge in [-0.15, -0.1) is 0 Å². The highest BCUT2D eigenvalue weighted by Crippen LogP contribution is 2.31. The van der Waals surface area contributed by atoms with E-state index < -0.39 is 5.97 Å². The quantitative estimate of drug-likeness (QED) is 0.302. The molecule has 2 unspecified atom stereocenters. The van der Waals surface area contributed by atoms with Crippen LogP contribution >= 0.6 is 11.3 Å². The fourth-order valence-electron chi connectivity index (χ4n) is 4.83. The second kappa shape index (κ2) is 11.0. The number of imidazole rings is 1. The highest BCUT2D eigenvalue weighted by molar-refractivity contribution is 7.19. The third kappa shape index (κ3) is 5.39. The van der Waals surface area contributed by atoms with Crippen molar-refractivity contribution < 1.29 is 19.4 Å². The Labute approximate surface area is 220 Å². The first-order valence-electron chi connectivity index (χ1n) is 12.7. The molecule has 5 rings (SSSR count). The Morgan fingerprint density at radius 1 is 1.19 bits per heavy atom. The molecule has 1 aliphatic heterocycles. The van der Waals surface area contributed by atoms with Crippen LogP contribution in [0.2, 0.25) is 0 Å². The molecule has 37 heavy (non-hydrogen) atoms. The Balaban J connectivity index is 1.30. The van der Waals surface area contributed by atoms with Gasteiger partial charge in [0.2, 0.25) is 4.96 Å². The molecule has 8 nitrogen and oxygen atoms in total. The van der Waals surface area contributed by atoms with Crippen LogP contribution in [0.1, 0.15) is 49.0 Å². The monoisotopic (exact) mass is 519 g/mol. The number of hydrogen-bond acceptors (Lipinski definition) is 8. The largest absolute Gasteiger partial charge is 0.545 e. The number of ether oxygens (including phenoxy) is 2. The van der Waals surface area contributed by atoms with Gasteiger partial charge in [-0.2, -0.15) is 5.10 Å². The number of methoxy groups -OCH3 is 1. The number of hydrogen-bond donors (Lipinski definition) is 0. The minimum atomic E-state index is -1.16. The third-order valence-electron chi connectivity index (χ3n) is 6.84. The Bertz CT molecular complexity index is 1350. The van der Waals surface area contributed by atoms with Crippen LogP contribution in [0.3, 0.4) is 0 Å². The number of anilines is 1. The SMILES string of the molecule is CCc1cc(-c2cn3nc(-c4ccc(N5CCCC(OC(CC)OC)C5)cc4)sc3n2)ccc1C(=O)[O-]. The van der Waals surface area contributed by atoms with Crippen molar-refractivity contribution in [3.63, 3.8) is 0 Å². The minimum Gasteiger partial charge on any atom is -0.545 e. The van der Waals surface area contributed by atoms with E-state index >= 15 is 0 Å². The number of carbonyl (C=O) groups excluding carboxylic acids is 1. The van der Waals surface area contributed by atoms with Gasteiger partial charge in [0.25, 0.3) is 0 Å². The van der Waals surface area contributed by atoms with E-state index in [0.717, 1.165) is 64.7 Å². The maximum absolute atomic E-state index is 11.3. The summed E-state index contributed by atoms with van der Waals surface area (Å²) in [6, 6.07) is 13.7. The van der Waals surface area contributed by atoms with Crippen molar-refractivity contribution in [3.8, 4) is 21.8 Å². The van der Waals surface area contributed by atoms with Gasteiger partial charge in [0.15, 0.2) is 6.29 Å². The molecule has 1 fully saturated rings. The summed E-state index contributed by atoms with van der Waals surface area (Å²) in [5.74, 6) is -1.16. The summed E-state index contributed by atoms with van der Waals surface area (Å²) in [5, 5.41) is 17.0. The molecule has 0 saturated carbocycles. The number of piperidine rings is 1. The van der Waals surface area contributed by atoms with Crippen molar-refractivity contribution >= 4 is 28.0 Å². The molecule has 0 amide bonds. The fourth-order valence-corrected chi connectivity index (χ4v) is 5.72. The van der Waals surface area contributed by atoms with Crippen molar-refractivity contribution in [1.29, 1.82) is 0 Å². The van der Waals surface area contributed by atoms with E-state index in [1.165, 1.54) is 17.0 Å². The van der Waals surface area contributed by atoms with Gasteiger partial charge in [0.1, 0.15) is 5.01 Å². The van der Waals surface area contributed by atoms with Gasteiger partial charge in [0.05, 0.1) is 24.0 Å². The second-order valence-corrected chi connectivity index (χ2v) is 10.2. The van der Waals surface area contributed by atoms with E-state index in [-0.39, 0.29) is 18.0 Å². The van der Waals surface area contributed by atoms with Gasteiger partial charge in [-0.25, -0.2) is 9.50 Å². The van der Waals surface area contributed by atoms with E-state index in [1.54, 1.807) is 23.8 Å². The molecular formula is C28H31N4O4S-. The molecule has 1 aliphatic rings. The Kier molecular flexibility index (Phi) is 7.55. The normalized spacial score (nSPS) is 16.8.